The van der Waals surface area contributed by atoms with Gasteiger partial charge in [-0.15, -0.1) is 22.9 Å². The molecular formula is C17H15ClOS. The monoisotopic (exact) mass is 302 g/mol. The SMILES string of the molecule is COc1ccc(CC(Cl)c2csc3ccccc23)cc1. The van der Waals surface area contributed by atoms with Gasteiger partial charge in [-0.3, -0.25) is 0 Å². The Morgan fingerprint density at radius 1 is 1.10 bits per heavy atom. The summed E-state index contributed by atoms with van der Waals surface area (Å²) in [7, 11) is 1.68. The molecule has 0 N–H and O–H groups in total. The molecule has 1 aromatic heterocycles. The first-order chi connectivity index (χ1) is 9.78. The van der Waals surface area contributed by atoms with Gasteiger partial charge in [-0.05, 0) is 46.5 Å². The number of fused-ring (bicyclic) bond motifs is 1. The fraction of sp³-hybridized carbons (Fsp3) is 0.176. The normalized spacial score (nSPS) is 12.5. The van der Waals surface area contributed by atoms with Crippen LogP contribution in [-0.4, -0.2) is 7.11 Å². The van der Waals surface area contributed by atoms with Crippen molar-refractivity contribution in [3.05, 3.63) is 65.0 Å². The number of hydrogen-bond donors (Lipinski definition) is 0. The maximum Gasteiger partial charge on any atom is 0.118 e. The molecule has 0 aliphatic carbocycles. The van der Waals surface area contributed by atoms with Gasteiger partial charge in [-0.25, -0.2) is 0 Å². The summed E-state index contributed by atoms with van der Waals surface area (Å²) in [6.45, 7) is 0. The molecule has 1 heterocycles. The molecule has 0 amide bonds. The van der Waals surface area contributed by atoms with Crippen molar-refractivity contribution in [2.24, 2.45) is 0 Å². The van der Waals surface area contributed by atoms with Gasteiger partial charge in [0.2, 0.25) is 0 Å². The summed E-state index contributed by atoms with van der Waals surface area (Å²) >= 11 is 8.36. The molecule has 0 fully saturated rings. The van der Waals surface area contributed by atoms with E-state index in [4.69, 9.17) is 16.3 Å². The summed E-state index contributed by atoms with van der Waals surface area (Å²) in [6, 6.07) is 16.5. The van der Waals surface area contributed by atoms with Crippen LogP contribution >= 0.6 is 22.9 Å². The van der Waals surface area contributed by atoms with Crippen LogP contribution in [0.1, 0.15) is 16.5 Å². The zero-order chi connectivity index (χ0) is 13.9. The van der Waals surface area contributed by atoms with Crippen LogP contribution in [0, 0.1) is 0 Å². The highest BCUT2D eigenvalue weighted by atomic mass is 35.5. The van der Waals surface area contributed by atoms with Crippen LogP contribution in [-0.2, 0) is 6.42 Å². The molecule has 0 aliphatic heterocycles. The number of thiophene rings is 1. The highest BCUT2D eigenvalue weighted by Gasteiger charge is 2.13. The molecular weight excluding hydrogens is 288 g/mol. The van der Waals surface area contributed by atoms with Crippen molar-refractivity contribution in [1.82, 2.24) is 0 Å². The Labute approximate surface area is 127 Å². The average molecular weight is 303 g/mol. The van der Waals surface area contributed by atoms with Crippen LogP contribution in [0.2, 0.25) is 0 Å². The fourth-order valence-electron chi connectivity index (χ4n) is 2.32. The van der Waals surface area contributed by atoms with E-state index in [0.29, 0.717) is 0 Å². The minimum atomic E-state index is -0.000421. The van der Waals surface area contributed by atoms with Crippen molar-refractivity contribution in [2.45, 2.75) is 11.8 Å². The third-order valence-electron chi connectivity index (χ3n) is 3.42. The van der Waals surface area contributed by atoms with E-state index in [1.165, 1.54) is 21.2 Å². The van der Waals surface area contributed by atoms with Gasteiger partial charge in [0.1, 0.15) is 5.75 Å². The van der Waals surface area contributed by atoms with E-state index >= 15 is 0 Å². The summed E-state index contributed by atoms with van der Waals surface area (Å²) in [6.07, 6.45) is 0.826. The number of hydrogen-bond acceptors (Lipinski definition) is 2. The van der Waals surface area contributed by atoms with Gasteiger partial charge in [0.15, 0.2) is 0 Å². The predicted molar refractivity (Wildman–Crippen MR) is 87.1 cm³/mol. The van der Waals surface area contributed by atoms with Crippen LogP contribution in [0.5, 0.6) is 5.75 Å². The summed E-state index contributed by atoms with van der Waals surface area (Å²) in [5.41, 5.74) is 2.45. The molecule has 0 bridgehead atoms. The number of benzene rings is 2. The molecule has 2 aromatic carbocycles. The van der Waals surface area contributed by atoms with E-state index in [1.807, 2.05) is 12.1 Å². The van der Waals surface area contributed by atoms with E-state index in [1.54, 1.807) is 18.4 Å². The molecule has 0 saturated heterocycles. The molecule has 0 saturated carbocycles. The number of halogens is 1. The molecule has 0 spiro atoms. The Morgan fingerprint density at radius 3 is 2.60 bits per heavy atom. The quantitative estimate of drug-likeness (QED) is 0.584. The topological polar surface area (TPSA) is 9.23 Å². The molecule has 3 rings (SSSR count). The number of rotatable bonds is 4. The zero-order valence-corrected chi connectivity index (χ0v) is 12.7. The fourth-order valence-corrected chi connectivity index (χ4v) is 3.77. The van der Waals surface area contributed by atoms with E-state index in [2.05, 4.69) is 41.8 Å². The van der Waals surface area contributed by atoms with Crippen LogP contribution in [0.15, 0.2) is 53.9 Å². The molecule has 0 radical (unpaired) electrons. The Kier molecular flexibility index (Phi) is 3.95. The second-order valence-corrected chi connectivity index (χ2v) is 6.14. The Morgan fingerprint density at radius 2 is 1.85 bits per heavy atom. The van der Waals surface area contributed by atoms with Crippen LogP contribution in [0.25, 0.3) is 10.1 Å². The second-order valence-electron chi connectivity index (χ2n) is 4.71. The van der Waals surface area contributed by atoms with E-state index in [-0.39, 0.29) is 5.38 Å². The van der Waals surface area contributed by atoms with E-state index in [0.717, 1.165) is 12.2 Å². The highest BCUT2D eigenvalue weighted by molar-refractivity contribution is 7.17. The molecule has 1 unspecified atom stereocenters. The lowest BCUT2D eigenvalue weighted by atomic mass is 10.0. The molecule has 1 nitrogen and oxygen atoms in total. The summed E-state index contributed by atoms with van der Waals surface area (Å²) in [5.74, 6) is 0.876. The van der Waals surface area contributed by atoms with Gasteiger partial charge in [0.05, 0.1) is 12.5 Å². The van der Waals surface area contributed by atoms with Crippen molar-refractivity contribution in [2.75, 3.05) is 7.11 Å². The number of methoxy groups -OCH3 is 1. The van der Waals surface area contributed by atoms with Crippen LogP contribution in [0.3, 0.4) is 0 Å². The van der Waals surface area contributed by atoms with Gasteiger partial charge >= 0.3 is 0 Å². The molecule has 102 valence electrons. The molecule has 3 heteroatoms. The predicted octanol–water partition coefficient (Wildman–Crippen LogP) is 5.43. The number of alkyl halides is 1. The first-order valence-corrected chi connectivity index (χ1v) is 7.82. The third kappa shape index (κ3) is 2.67. The first-order valence-electron chi connectivity index (χ1n) is 6.51. The van der Waals surface area contributed by atoms with Gasteiger partial charge in [-0.1, -0.05) is 30.3 Å². The lowest BCUT2D eigenvalue weighted by molar-refractivity contribution is 0.414. The Bertz CT molecular complexity index is 702. The van der Waals surface area contributed by atoms with Crippen LogP contribution in [0.4, 0.5) is 0 Å². The van der Waals surface area contributed by atoms with Crippen molar-refractivity contribution in [3.63, 3.8) is 0 Å². The molecule has 1 atom stereocenters. The summed E-state index contributed by atoms with van der Waals surface area (Å²) in [5, 5.41) is 3.44. The summed E-state index contributed by atoms with van der Waals surface area (Å²) < 4.78 is 6.47. The zero-order valence-electron chi connectivity index (χ0n) is 11.2. The van der Waals surface area contributed by atoms with Crippen molar-refractivity contribution >= 4 is 33.0 Å². The van der Waals surface area contributed by atoms with Crippen molar-refractivity contribution in [3.8, 4) is 5.75 Å². The Balaban J connectivity index is 1.83. The Hall–Kier alpha value is -1.51. The second kappa shape index (κ2) is 5.86. The molecule has 20 heavy (non-hydrogen) atoms. The maximum absolute atomic E-state index is 6.61. The lowest BCUT2D eigenvalue weighted by Gasteiger charge is -2.09. The molecule has 0 aliphatic rings. The minimum absolute atomic E-state index is 0.000421. The lowest BCUT2D eigenvalue weighted by Crippen LogP contribution is -1.95. The molecule has 3 aromatic rings. The smallest absolute Gasteiger partial charge is 0.118 e. The van der Waals surface area contributed by atoms with E-state index < -0.39 is 0 Å². The number of ether oxygens (including phenoxy) is 1. The van der Waals surface area contributed by atoms with Crippen molar-refractivity contribution in [1.29, 1.82) is 0 Å². The van der Waals surface area contributed by atoms with Crippen LogP contribution < -0.4 is 4.74 Å². The standard InChI is InChI=1S/C17H15ClOS/c1-19-13-8-6-12(7-9-13)10-16(18)15-11-20-17-5-3-2-4-14(15)17/h2-9,11,16H,10H2,1H3. The van der Waals surface area contributed by atoms with E-state index in [9.17, 15) is 0 Å². The largest absolute Gasteiger partial charge is 0.497 e. The summed E-state index contributed by atoms with van der Waals surface area (Å²) in [4.78, 5) is 0. The van der Waals surface area contributed by atoms with Gasteiger partial charge in [-0.2, -0.15) is 0 Å². The average Bonchev–Trinajstić information content (AvgIpc) is 2.92. The van der Waals surface area contributed by atoms with Gasteiger partial charge < -0.3 is 4.74 Å². The third-order valence-corrected chi connectivity index (χ3v) is 4.79. The first kappa shape index (κ1) is 13.5. The minimum Gasteiger partial charge on any atom is -0.497 e. The van der Waals surface area contributed by atoms with Crippen molar-refractivity contribution < 1.29 is 4.74 Å². The van der Waals surface area contributed by atoms with Gasteiger partial charge in [0, 0.05) is 4.70 Å². The maximum atomic E-state index is 6.61. The highest BCUT2D eigenvalue weighted by Crippen LogP contribution is 2.35. The van der Waals surface area contributed by atoms with Gasteiger partial charge in [0.25, 0.3) is 0 Å².